The summed E-state index contributed by atoms with van der Waals surface area (Å²) in [7, 11) is 0. The predicted octanol–water partition coefficient (Wildman–Crippen LogP) is 3.66. The highest BCUT2D eigenvalue weighted by Gasteiger charge is 2.23. The summed E-state index contributed by atoms with van der Waals surface area (Å²) in [5, 5.41) is 2.84. The van der Waals surface area contributed by atoms with Gasteiger partial charge < -0.3 is 10.2 Å². The maximum Gasteiger partial charge on any atom is 0.233 e. The van der Waals surface area contributed by atoms with Gasteiger partial charge in [0.2, 0.25) is 11.8 Å². The van der Waals surface area contributed by atoms with E-state index in [2.05, 4.69) is 43.1 Å². The van der Waals surface area contributed by atoms with E-state index in [0.717, 1.165) is 25.3 Å². The zero-order valence-corrected chi connectivity index (χ0v) is 17.6. The Labute approximate surface area is 173 Å². The van der Waals surface area contributed by atoms with Crippen LogP contribution < -0.4 is 5.32 Å². The second-order valence-electron chi connectivity index (χ2n) is 8.69. The smallest absolute Gasteiger partial charge is 0.233 e. The zero-order chi connectivity index (χ0) is 20.9. The van der Waals surface area contributed by atoms with Crippen molar-refractivity contribution in [3.63, 3.8) is 0 Å². The first-order chi connectivity index (χ1) is 13.8. The van der Waals surface area contributed by atoms with E-state index < -0.39 is 0 Å². The lowest BCUT2D eigenvalue weighted by atomic mass is 9.87. The molecule has 1 fully saturated rings. The molecule has 154 valence electrons. The Morgan fingerprint density at radius 2 is 1.52 bits per heavy atom. The lowest BCUT2D eigenvalue weighted by Gasteiger charge is -2.34. The normalized spacial score (nSPS) is 15.2. The summed E-state index contributed by atoms with van der Waals surface area (Å²) in [4.78, 5) is 28.9. The van der Waals surface area contributed by atoms with Gasteiger partial charge in [-0.15, -0.1) is 0 Å². The molecule has 1 saturated heterocycles. The Bertz CT molecular complexity index is 817. The van der Waals surface area contributed by atoms with Crippen LogP contribution in [-0.2, 0) is 21.5 Å². The van der Waals surface area contributed by atoms with Crippen LogP contribution in [-0.4, -0.2) is 47.8 Å². The Morgan fingerprint density at radius 3 is 2.10 bits per heavy atom. The number of anilines is 1. The fourth-order valence-corrected chi connectivity index (χ4v) is 3.50. The molecule has 0 aromatic heterocycles. The van der Waals surface area contributed by atoms with E-state index in [1.165, 1.54) is 11.1 Å². The predicted molar refractivity (Wildman–Crippen MR) is 117 cm³/mol. The van der Waals surface area contributed by atoms with Crippen molar-refractivity contribution < 1.29 is 9.59 Å². The number of rotatable bonds is 5. The molecular weight excluding hydrogens is 362 g/mol. The van der Waals surface area contributed by atoms with Crippen LogP contribution in [0.3, 0.4) is 0 Å². The van der Waals surface area contributed by atoms with Crippen molar-refractivity contribution in [1.29, 1.82) is 0 Å². The summed E-state index contributed by atoms with van der Waals surface area (Å²) in [6, 6.07) is 18.2. The minimum absolute atomic E-state index is 0.0706. The second-order valence-corrected chi connectivity index (χ2v) is 8.69. The van der Waals surface area contributed by atoms with Gasteiger partial charge in [-0.05, 0) is 28.7 Å². The van der Waals surface area contributed by atoms with E-state index in [1.54, 1.807) is 4.90 Å². The standard InChI is InChI=1S/C24H31N3O2/c1-24(2,3)20-9-11-21(12-10-20)25-22(28)17-23(29)27-15-13-26(14-16-27)18-19-7-5-4-6-8-19/h4-12H,13-18H2,1-3H3,(H,25,28). The highest BCUT2D eigenvalue weighted by molar-refractivity contribution is 6.03. The molecule has 0 radical (unpaired) electrons. The van der Waals surface area contributed by atoms with Crippen molar-refractivity contribution in [3.8, 4) is 0 Å². The molecule has 3 rings (SSSR count). The average Bonchev–Trinajstić information content (AvgIpc) is 2.69. The molecule has 0 bridgehead atoms. The molecule has 5 heteroatoms. The van der Waals surface area contributed by atoms with Crippen molar-refractivity contribution in [1.82, 2.24) is 9.80 Å². The number of carbonyl (C=O) groups is 2. The molecule has 0 unspecified atom stereocenters. The fraction of sp³-hybridized carbons (Fsp3) is 0.417. The lowest BCUT2D eigenvalue weighted by Crippen LogP contribution is -2.48. The summed E-state index contributed by atoms with van der Waals surface area (Å²) >= 11 is 0. The van der Waals surface area contributed by atoms with Crippen molar-refractivity contribution in [2.24, 2.45) is 0 Å². The van der Waals surface area contributed by atoms with Gasteiger partial charge in [-0.1, -0.05) is 63.2 Å². The maximum atomic E-state index is 12.5. The number of piperazine rings is 1. The first kappa shape index (κ1) is 21.1. The van der Waals surface area contributed by atoms with Crippen molar-refractivity contribution in [2.45, 2.75) is 39.2 Å². The SMILES string of the molecule is CC(C)(C)c1ccc(NC(=O)CC(=O)N2CCN(Cc3ccccc3)CC2)cc1. The summed E-state index contributed by atoms with van der Waals surface area (Å²) < 4.78 is 0. The van der Waals surface area contributed by atoms with Gasteiger partial charge in [0, 0.05) is 38.4 Å². The van der Waals surface area contributed by atoms with Gasteiger partial charge >= 0.3 is 0 Å². The molecule has 0 saturated carbocycles. The van der Waals surface area contributed by atoms with Crippen molar-refractivity contribution >= 4 is 17.5 Å². The Morgan fingerprint density at radius 1 is 0.897 bits per heavy atom. The fourth-order valence-electron chi connectivity index (χ4n) is 3.50. The Hall–Kier alpha value is -2.66. The van der Waals surface area contributed by atoms with E-state index in [4.69, 9.17) is 0 Å². The quantitative estimate of drug-likeness (QED) is 0.789. The third-order valence-electron chi connectivity index (χ3n) is 5.32. The van der Waals surface area contributed by atoms with Crippen LogP contribution in [0.15, 0.2) is 54.6 Å². The summed E-state index contributed by atoms with van der Waals surface area (Å²) in [5.74, 6) is -0.363. The number of hydrogen-bond acceptors (Lipinski definition) is 3. The van der Waals surface area contributed by atoms with Crippen LogP contribution in [0, 0.1) is 0 Å². The molecule has 29 heavy (non-hydrogen) atoms. The molecule has 2 amide bonds. The first-order valence-electron chi connectivity index (χ1n) is 10.3. The van der Waals surface area contributed by atoms with Crippen LogP contribution in [0.1, 0.15) is 38.3 Å². The number of hydrogen-bond donors (Lipinski definition) is 1. The number of nitrogens with one attached hydrogen (secondary N) is 1. The van der Waals surface area contributed by atoms with Gasteiger partial charge in [0.1, 0.15) is 6.42 Å². The zero-order valence-electron chi connectivity index (χ0n) is 17.6. The van der Waals surface area contributed by atoms with Gasteiger partial charge in [0.05, 0.1) is 0 Å². The molecule has 1 N–H and O–H groups in total. The Kier molecular flexibility index (Phi) is 6.70. The largest absolute Gasteiger partial charge is 0.340 e. The van der Waals surface area contributed by atoms with Gasteiger partial charge in [0.15, 0.2) is 0 Å². The Balaban J connectivity index is 1.44. The molecule has 1 heterocycles. The van der Waals surface area contributed by atoms with Crippen LogP contribution in [0.25, 0.3) is 0 Å². The minimum atomic E-state index is -0.259. The molecule has 5 nitrogen and oxygen atoms in total. The minimum Gasteiger partial charge on any atom is -0.340 e. The summed E-state index contributed by atoms with van der Waals surface area (Å²) in [6.07, 6.45) is -0.111. The van der Waals surface area contributed by atoms with Crippen LogP contribution in [0.2, 0.25) is 0 Å². The third kappa shape index (κ3) is 6.16. The third-order valence-corrected chi connectivity index (χ3v) is 5.32. The summed E-state index contributed by atoms with van der Waals surface area (Å²) in [5.41, 5.74) is 3.29. The van der Waals surface area contributed by atoms with Crippen LogP contribution >= 0.6 is 0 Å². The molecule has 2 aromatic carbocycles. The van der Waals surface area contributed by atoms with Gasteiger partial charge in [0.25, 0.3) is 0 Å². The second kappa shape index (κ2) is 9.23. The van der Waals surface area contributed by atoms with Crippen LogP contribution in [0.4, 0.5) is 5.69 Å². The molecule has 0 atom stereocenters. The van der Waals surface area contributed by atoms with Crippen LogP contribution in [0.5, 0.6) is 0 Å². The molecule has 1 aliphatic heterocycles. The van der Waals surface area contributed by atoms with Crippen molar-refractivity contribution in [2.75, 3.05) is 31.5 Å². The molecule has 0 spiro atoms. The van der Waals surface area contributed by atoms with E-state index in [1.807, 2.05) is 42.5 Å². The topological polar surface area (TPSA) is 52.7 Å². The number of amides is 2. The molecular formula is C24H31N3O2. The monoisotopic (exact) mass is 393 g/mol. The average molecular weight is 394 g/mol. The molecule has 2 aromatic rings. The highest BCUT2D eigenvalue weighted by atomic mass is 16.2. The van der Waals surface area contributed by atoms with Gasteiger partial charge in [-0.3, -0.25) is 14.5 Å². The van der Waals surface area contributed by atoms with E-state index in [0.29, 0.717) is 13.1 Å². The van der Waals surface area contributed by atoms with Gasteiger partial charge in [-0.25, -0.2) is 0 Å². The van der Waals surface area contributed by atoms with E-state index >= 15 is 0 Å². The van der Waals surface area contributed by atoms with Crippen molar-refractivity contribution in [3.05, 3.63) is 65.7 Å². The molecule has 0 aliphatic carbocycles. The molecule has 1 aliphatic rings. The highest BCUT2D eigenvalue weighted by Crippen LogP contribution is 2.23. The number of benzene rings is 2. The first-order valence-corrected chi connectivity index (χ1v) is 10.3. The van der Waals surface area contributed by atoms with E-state index in [-0.39, 0.29) is 23.7 Å². The lowest BCUT2D eigenvalue weighted by molar-refractivity contribution is -0.136. The van der Waals surface area contributed by atoms with Gasteiger partial charge in [-0.2, -0.15) is 0 Å². The number of carbonyl (C=O) groups excluding carboxylic acids is 2. The number of nitrogens with zero attached hydrogens (tertiary/aromatic N) is 2. The van der Waals surface area contributed by atoms with E-state index in [9.17, 15) is 9.59 Å². The maximum absolute atomic E-state index is 12.5. The summed E-state index contributed by atoms with van der Waals surface area (Å²) in [6.45, 7) is 10.3.